The van der Waals surface area contributed by atoms with Crippen molar-refractivity contribution in [3.05, 3.63) is 70.9 Å². The van der Waals surface area contributed by atoms with Crippen LogP contribution in [-0.4, -0.2) is 28.9 Å². The van der Waals surface area contributed by atoms with Gasteiger partial charge in [0.2, 0.25) is 5.91 Å². The van der Waals surface area contributed by atoms with Gasteiger partial charge in [0.15, 0.2) is 0 Å². The van der Waals surface area contributed by atoms with E-state index in [9.17, 15) is 14.8 Å². The zero-order valence-corrected chi connectivity index (χ0v) is 13.9. The van der Waals surface area contributed by atoms with Crippen molar-refractivity contribution in [1.29, 1.82) is 0 Å². The number of methoxy groups -OCH3 is 1. The number of esters is 1. The molecule has 0 spiro atoms. The minimum absolute atomic E-state index is 0.335. The van der Waals surface area contributed by atoms with Crippen LogP contribution in [-0.2, 0) is 9.53 Å². The molecule has 1 heterocycles. The molecule has 3 N–H and O–H groups in total. The first-order valence-electron chi connectivity index (χ1n) is 7.71. The average molecular weight is 338 g/mol. The smallest absolute Gasteiger partial charge is 0.337 e. The third-order valence-corrected chi connectivity index (χ3v) is 4.33. The highest BCUT2D eigenvalue weighted by atomic mass is 16.5. The number of amides is 1. The standard InChI is InChI=1S/C19H18N2O4/c1-11-7-8-12(19(23)25-2)9-14(11)17(18(20)22)15-10-21(24)16-6-4-3-5-13(15)16/h3-10,17,24H,1-2H3,(H2,20,22). The van der Waals surface area contributed by atoms with E-state index in [0.29, 0.717) is 22.2 Å². The average Bonchev–Trinajstić information content (AvgIpc) is 2.93. The van der Waals surface area contributed by atoms with E-state index in [1.807, 2.05) is 19.1 Å². The predicted molar refractivity (Wildman–Crippen MR) is 92.7 cm³/mol. The Morgan fingerprint density at radius 3 is 2.56 bits per heavy atom. The van der Waals surface area contributed by atoms with Crippen LogP contribution in [0, 0.1) is 6.92 Å². The van der Waals surface area contributed by atoms with E-state index in [1.54, 1.807) is 30.3 Å². The van der Waals surface area contributed by atoms with Crippen molar-refractivity contribution in [3.8, 4) is 0 Å². The molecular weight excluding hydrogens is 320 g/mol. The summed E-state index contributed by atoms with van der Waals surface area (Å²) in [4.78, 5) is 24.1. The summed E-state index contributed by atoms with van der Waals surface area (Å²) in [6.45, 7) is 1.84. The number of carbonyl (C=O) groups is 2. The summed E-state index contributed by atoms with van der Waals surface area (Å²) in [6.07, 6.45) is 1.48. The van der Waals surface area contributed by atoms with Gasteiger partial charge in [0.05, 0.1) is 24.1 Å². The van der Waals surface area contributed by atoms with Crippen LogP contribution in [0.15, 0.2) is 48.7 Å². The molecule has 0 radical (unpaired) electrons. The highest BCUT2D eigenvalue weighted by Crippen LogP contribution is 2.33. The molecule has 0 saturated carbocycles. The quantitative estimate of drug-likeness (QED) is 0.565. The molecule has 0 aliphatic carbocycles. The molecule has 0 saturated heterocycles. The van der Waals surface area contributed by atoms with Crippen molar-refractivity contribution in [2.75, 3.05) is 7.11 Å². The first-order chi connectivity index (χ1) is 11.9. The van der Waals surface area contributed by atoms with Crippen molar-refractivity contribution in [2.24, 2.45) is 5.73 Å². The second kappa shape index (κ2) is 6.32. The van der Waals surface area contributed by atoms with Crippen molar-refractivity contribution in [3.63, 3.8) is 0 Å². The molecule has 3 rings (SSSR count). The maximum Gasteiger partial charge on any atom is 0.337 e. The van der Waals surface area contributed by atoms with E-state index in [2.05, 4.69) is 0 Å². The van der Waals surface area contributed by atoms with Gasteiger partial charge in [0.25, 0.3) is 0 Å². The Balaban J connectivity index is 2.23. The molecular formula is C19H18N2O4. The fourth-order valence-corrected chi connectivity index (χ4v) is 3.09. The lowest BCUT2D eigenvalue weighted by Gasteiger charge is -2.17. The van der Waals surface area contributed by atoms with E-state index >= 15 is 0 Å². The van der Waals surface area contributed by atoms with Crippen LogP contribution < -0.4 is 5.73 Å². The number of hydrogen-bond donors (Lipinski definition) is 2. The monoisotopic (exact) mass is 338 g/mol. The van der Waals surface area contributed by atoms with Gasteiger partial charge < -0.3 is 15.7 Å². The third kappa shape index (κ3) is 2.82. The number of nitrogens with two attached hydrogens (primary N) is 1. The van der Waals surface area contributed by atoms with Gasteiger partial charge in [-0.2, -0.15) is 4.73 Å². The summed E-state index contributed by atoms with van der Waals surface area (Å²) in [5, 5.41) is 10.8. The summed E-state index contributed by atoms with van der Waals surface area (Å²) in [7, 11) is 1.30. The number of carbonyl (C=O) groups excluding carboxylic acids is 2. The number of aryl methyl sites for hydroxylation is 1. The number of benzene rings is 2. The summed E-state index contributed by atoms with van der Waals surface area (Å²) in [5.41, 5.74) is 8.59. The number of rotatable bonds is 4. The first kappa shape index (κ1) is 16.6. The van der Waals surface area contributed by atoms with Gasteiger partial charge in [-0.25, -0.2) is 4.79 Å². The molecule has 0 aliphatic rings. The molecule has 2 aromatic carbocycles. The molecule has 0 fully saturated rings. The van der Waals surface area contributed by atoms with Gasteiger partial charge in [0, 0.05) is 11.6 Å². The number of ether oxygens (including phenoxy) is 1. The van der Waals surface area contributed by atoms with Crippen molar-refractivity contribution in [2.45, 2.75) is 12.8 Å². The Morgan fingerprint density at radius 1 is 1.16 bits per heavy atom. The lowest BCUT2D eigenvalue weighted by atomic mass is 9.86. The van der Waals surface area contributed by atoms with Crippen LogP contribution in [0.2, 0.25) is 0 Å². The fraction of sp³-hybridized carbons (Fsp3) is 0.158. The van der Waals surface area contributed by atoms with Crippen molar-refractivity contribution >= 4 is 22.8 Å². The molecule has 6 heteroatoms. The fourth-order valence-electron chi connectivity index (χ4n) is 3.09. The molecule has 0 bridgehead atoms. The van der Waals surface area contributed by atoms with Crippen molar-refractivity contribution < 1.29 is 19.5 Å². The maximum atomic E-state index is 12.3. The third-order valence-electron chi connectivity index (χ3n) is 4.33. The Bertz CT molecular complexity index is 975. The highest BCUT2D eigenvalue weighted by Gasteiger charge is 2.27. The van der Waals surface area contributed by atoms with E-state index in [4.69, 9.17) is 10.5 Å². The van der Waals surface area contributed by atoms with Gasteiger partial charge in [-0.1, -0.05) is 24.3 Å². The van der Waals surface area contributed by atoms with E-state index < -0.39 is 17.8 Å². The topological polar surface area (TPSA) is 94.5 Å². The molecule has 1 unspecified atom stereocenters. The van der Waals surface area contributed by atoms with E-state index in [0.717, 1.165) is 15.7 Å². The Labute approximate surface area is 144 Å². The predicted octanol–water partition coefficient (Wildman–Crippen LogP) is 2.59. The van der Waals surface area contributed by atoms with Crippen LogP contribution in [0.4, 0.5) is 0 Å². The Morgan fingerprint density at radius 2 is 1.88 bits per heavy atom. The van der Waals surface area contributed by atoms with Crippen LogP contribution in [0.3, 0.4) is 0 Å². The van der Waals surface area contributed by atoms with Crippen LogP contribution in [0.1, 0.15) is 33.0 Å². The van der Waals surface area contributed by atoms with E-state index in [1.165, 1.54) is 13.3 Å². The molecule has 3 aromatic rings. The summed E-state index contributed by atoms with van der Waals surface area (Å²) in [5.74, 6) is -1.86. The zero-order chi connectivity index (χ0) is 18.1. The normalized spacial score (nSPS) is 12.1. The minimum atomic E-state index is -0.803. The van der Waals surface area contributed by atoms with Gasteiger partial charge in [-0.3, -0.25) is 4.79 Å². The zero-order valence-electron chi connectivity index (χ0n) is 13.9. The van der Waals surface area contributed by atoms with Gasteiger partial charge in [-0.05, 0) is 41.8 Å². The second-order valence-electron chi connectivity index (χ2n) is 5.84. The Hall–Kier alpha value is -3.28. The number of fused-ring (bicyclic) bond motifs is 1. The molecule has 25 heavy (non-hydrogen) atoms. The van der Waals surface area contributed by atoms with E-state index in [-0.39, 0.29) is 0 Å². The van der Waals surface area contributed by atoms with Crippen molar-refractivity contribution in [1.82, 2.24) is 4.73 Å². The van der Waals surface area contributed by atoms with Crippen LogP contribution in [0.5, 0.6) is 0 Å². The second-order valence-corrected chi connectivity index (χ2v) is 5.84. The van der Waals surface area contributed by atoms with Gasteiger partial charge in [-0.15, -0.1) is 0 Å². The van der Waals surface area contributed by atoms with Crippen LogP contribution in [0.25, 0.3) is 10.9 Å². The highest BCUT2D eigenvalue weighted by molar-refractivity contribution is 5.95. The molecule has 6 nitrogen and oxygen atoms in total. The van der Waals surface area contributed by atoms with Gasteiger partial charge in [0.1, 0.15) is 0 Å². The lowest BCUT2D eigenvalue weighted by Crippen LogP contribution is -2.23. The number of para-hydroxylation sites is 1. The molecule has 128 valence electrons. The number of aromatic nitrogens is 1. The number of hydrogen-bond acceptors (Lipinski definition) is 4. The summed E-state index contributed by atoms with van der Waals surface area (Å²) in [6, 6.07) is 12.2. The summed E-state index contributed by atoms with van der Waals surface area (Å²) < 4.78 is 5.72. The maximum absolute atomic E-state index is 12.3. The number of nitrogens with zero attached hydrogens (tertiary/aromatic N) is 1. The van der Waals surface area contributed by atoms with Crippen LogP contribution >= 0.6 is 0 Å². The molecule has 1 aromatic heterocycles. The van der Waals surface area contributed by atoms with Gasteiger partial charge >= 0.3 is 5.97 Å². The molecule has 1 amide bonds. The molecule has 0 aliphatic heterocycles. The lowest BCUT2D eigenvalue weighted by molar-refractivity contribution is -0.118. The Kier molecular flexibility index (Phi) is 4.19. The SMILES string of the molecule is COC(=O)c1ccc(C)c(C(C(N)=O)c2cn(O)c3ccccc23)c1. The molecule has 1 atom stereocenters. The minimum Gasteiger partial charge on any atom is -0.465 e. The first-order valence-corrected chi connectivity index (χ1v) is 7.71. The largest absolute Gasteiger partial charge is 0.465 e. The number of primary amides is 1. The summed E-state index contributed by atoms with van der Waals surface area (Å²) >= 11 is 0.